The van der Waals surface area contributed by atoms with E-state index in [1.54, 1.807) is 6.07 Å². The molecule has 2 nitrogen and oxygen atoms in total. The van der Waals surface area contributed by atoms with Crippen LogP contribution in [0, 0.1) is 18.2 Å². The molecule has 0 heterocycles. The Morgan fingerprint density at radius 3 is 2.74 bits per heavy atom. The second kappa shape index (κ2) is 5.49. The van der Waals surface area contributed by atoms with Crippen LogP contribution in [0.4, 0.5) is 4.39 Å². The maximum atomic E-state index is 13.1. The lowest BCUT2D eigenvalue weighted by Gasteiger charge is -2.43. The van der Waals surface area contributed by atoms with Gasteiger partial charge in [-0.1, -0.05) is 13.8 Å². The minimum Gasteiger partial charge on any atom is -0.489 e. The van der Waals surface area contributed by atoms with Crippen molar-refractivity contribution in [3.05, 3.63) is 29.6 Å². The molecule has 0 amide bonds. The number of rotatable bonds is 3. The quantitative estimate of drug-likeness (QED) is 0.900. The van der Waals surface area contributed by atoms with Crippen molar-refractivity contribution in [1.29, 1.82) is 0 Å². The predicted octanol–water partition coefficient (Wildman–Crippen LogP) is 3.68. The van der Waals surface area contributed by atoms with Gasteiger partial charge in [-0.15, -0.1) is 0 Å². The number of nitrogens with one attached hydrogen (secondary N) is 1. The summed E-state index contributed by atoms with van der Waals surface area (Å²) in [4.78, 5) is 0. The molecule has 3 heteroatoms. The summed E-state index contributed by atoms with van der Waals surface area (Å²) < 4.78 is 19.3. The van der Waals surface area contributed by atoms with Gasteiger partial charge < -0.3 is 10.1 Å². The molecule has 0 saturated heterocycles. The summed E-state index contributed by atoms with van der Waals surface area (Å²) >= 11 is 0. The van der Waals surface area contributed by atoms with Crippen LogP contribution in [0.2, 0.25) is 0 Å². The molecule has 2 unspecified atom stereocenters. The number of ether oxygens (including phenoxy) is 1. The largest absolute Gasteiger partial charge is 0.489 e. The smallest absolute Gasteiger partial charge is 0.123 e. The summed E-state index contributed by atoms with van der Waals surface area (Å²) in [5, 5.41) is 3.40. The standard InChI is InChI=1S/C16H24FNO/c1-11-10-12(17)7-8-13(11)19-14-6-5-9-16(2,3)15(14)18-4/h7-8,10,14-15,18H,5-6,9H2,1-4H3. The van der Waals surface area contributed by atoms with Crippen LogP contribution in [0.5, 0.6) is 5.75 Å². The van der Waals surface area contributed by atoms with E-state index in [1.807, 2.05) is 14.0 Å². The summed E-state index contributed by atoms with van der Waals surface area (Å²) in [6.07, 6.45) is 3.58. The lowest BCUT2D eigenvalue weighted by Crippen LogP contribution is -2.53. The average molecular weight is 265 g/mol. The average Bonchev–Trinajstić information content (AvgIpc) is 2.32. The molecule has 1 saturated carbocycles. The highest BCUT2D eigenvalue weighted by Crippen LogP contribution is 2.37. The third-order valence-corrected chi connectivity index (χ3v) is 4.25. The van der Waals surface area contributed by atoms with E-state index in [2.05, 4.69) is 19.2 Å². The highest BCUT2D eigenvalue weighted by atomic mass is 19.1. The maximum Gasteiger partial charge on any atom is 0.123 e. The second-order valence-corrected chi connectivity index (χ2v) is 6.21. The van der Waals surface area contributed by atoms with Gasteiger partial charge in [0.2, 0.25) is 0 Å². The van der Waals surface area contributed by atoms with E-state index in [4.69, 9.17) is 4.74 Å². The number of halogens is 1. The van der Waals surface area contributed by atoms with Gasteiger partial charge >= 0.3 is 0 Å². The normalized spacial score (nSPS) is 26.2. The van der Waals surface area contributed by atoms with Gasteiger partial charge in [0, 0.05) is 6.04 Å². The summed E-state index contributed by atoms with van der Waals surface area (Å²) in [6.45, 7) is 6.45. The Morgan fingerprint density at radius 2 is 2.11 bits per heavy atom. The molecule has 0 bridgehead atoms. The Bertz CT molecular complexity index is 444. The number of aryl methyl sites for hydroxylation is 1. The van der Waals surface area contributed by atoms with E-state index in [1.165, 1.54) is 25.0 Å². The van der Waals surface area contributed by atoms with Gasteiger partial charge in [0.1, 0.15) is 17.7 Å². The maximum absolute atomic E-state index is 13.1. The first-order valence-electron chi connectivity index (χ1n) is 7.04. The summed E-state index contributed by atoms with van der Waals surface area (Å²) in [6, 6.07) is 5.05. The number of hydrogen-bond acceptors (Lipinski definition) is 2. The number of hydrogen-bond donors (Lipinski definition) is 1. The Morgan fingerprint density at radius 1 is 1.37 bits per heavy atom. The monoisotopic (exact) mass is 265 g/mol. The molecule has 1 N–H and O–H groups in total. The first kappa shape index (κ1) is 14.3. The van der Waals surface area contributed by atoms with Gasteiger partial charge in [0.05, 0.1) is 0 Å². The molecule has 0 aliphatic heterocycles. The van der Waals surface area contributed by atoms with Gasteiger partial charge in [-0.05, 0) is 62.4 Å². The number of likely N-dealkylation sites (N-methyl/N-ethyl adjacent to an activating group) is 1. The van der Waals surface area contributed by atoms with Crippen LogP contribution in [0.15, 0.2) is 18.2 Å². The van der Waals surface area contributed by atoms with Gasteiger partial charge in [-0.25, -0.2) is 4.39 Å². The van der Waals surface area contributed by atoms with Crippen molar-refractivity contribution in [3.63, 3.8) is 0 Å². The van der Waals surface area contributed by atoms with Gasteiger partial charge in [-0.3, -0.25) is 0 Å². The minimum atomic E-state index is -0.209. The third-order valence-electron chi connectivity index (χ3n) is 4.25. The fourth-order valence-corrected chi connectivity index (χ4v) is 3.20. The highest BCUT2D eigenvalue weighted by Gasteiger charge is 2.39. The van der Waals surface area contributed by atoms with Crippen LogP contribution < -0.4 is 10.1 Å². The molecule has 0 radical (unpaired) electrons. The molecule has 0 aromatic heterocycles. The zero-order valence-electron chi connectivity index (χ0n) is 12.3. The number of benzene rings is 1. The molecule has 1 aliphatic rings. The van der Waals surface area contributed by atoms with Crippen LogP contribution in [0.25, 0.3) is 0 Å². The van der Waals surface area contributed by atoms with E-state index in [-0.39, 0.29) is 17.3 Å². The molecular weight excluding hydrogens is 241 g/mol. The first-order valence-corrected chi connectivity index (χ1v) is 7.04. The van der Waals surface area contributed by atoms with Crippen molar-refractivity contribution in [2.45, 2.75) is 52.2 Å². The first-order chi connectivity index (χ1) is 8.94. The lowest BCUT2D eigenvalue weighted by atomic mass is 9.72. The van der Waals surface area contributed by atoms with Gasteiger partial charge in [-0.2, -0.15) is 0 Å². The van der Waals surface area contributed by atoms with Crippen LogP contribution in [-0.2, 0) is 0 Å². The molecule has 1 aromatic rings. The van der Waals surface area contributed by atoms with Crippen molar-refractivity contribution in [2.75, 3.05) is 7.05 Å². The predicted molar refractivity (Wildman–Crippen MR) is 76.0 cm³/mol. The van der Waals surface area contributed by atoms with Crippen LogP contribution >= 0.6 is 0 Å². The fraction of sp³-hybridized carbons (Fsp3) is 0.625. The van der Waals surface area contributed by atoms with Crippen molar-refractivity contribution in [1.82, 2.24) is 5.32 Å². The Kier molecular flexibility index (Phi) is 4.14. The summed E-state index contributed by atoms with van der Waals surface area (Å²) in [5.74, 6) is 0.586. The highest BCUT2D eigenvalue weighted by molar-refractivity contribution is 5.33. The van der Waals surface area contributed by atoms with Crippen LogP contribution in [-0.4, -0.2) is 19.2 Å². The van der Waals surface area contributed by atoms with Gasteiger partial charge in [0.15, 0.2) is 0 Å². The van der Waals surface area contributed by atoms with Crippen molar-refractivity contribution in [3.8, 4) is 5.75 Å². The van der Waals surface area contributed by atoms with E-state index in [0.29, 0.717) is 6.04 Å². The Labute approximate surface area is 115 Å². The van der Waals surface area contributed by atoms with Crippen molar-refractivity contribution >= 4 is 0 Å². The SMILES string of the molecule is CNC1C(Oc2ccc(F)cc2C)CCCC1(C)C. The molecule has 106 valence electrons. The lowest BCUT2D eigenvalue weighted by molar-refractivity contribution is 0.0399. The zero-order valence-corrected chi connectivity index (χ0v) is 12.3. The molecular formula is C16H24FNO. The second-order valence-electron chi connectivity index (χ2n) is 6.21. The zero-order chi connectivity index (χ0) is 14.0. The Hall–Kier alpha value is -1.09. The molecule has 1 aliphatic carbocycles. The summed E-state index contributed by atoms with van der Waals surface area (Å²) in [5.41, 5.74) is 1.09. The van der Waals surface area contributed by atoms with Crippen molar-refractivity contribution < 1.29 is 9.13 Å². The van der Waals surface area contributed by atoms with E-state index in [0.717, 1.165) is 17.7 Å². The van der Waals surface area contributed by atoms with Crippen LogP contribution in [0.1, 0.15) is 38.7 Å². The van der Waals surface area contributed by atoms with E-state index >= 15 is 0 Å². The molecule has 1 fully saturated rings. The molecule has 2 atom stereocenters. The molecule has 2 rings (SSSR count). The molecule has 19 heavy (non-hydrogen) atoms. The van der Waals surface area contributed by atoms with Gasteiger partial charge in [0.25, 0.3) is 0 Å². The summed E-state index contributed by atoms with van der Waals surface area (Å²) in [7, 11) is 1.99. The van der Waals surface area contributed by atoms with Crippen molar-refractivity contribution in [2.24, 2.45) is 5.41 Å². The molecule has 1 aromatic carbocycles. The van der Waals surface area contributed by atoms with E-state index < -0.39 is 0 Å². The third kappa shape index (κ3) is 3.08. The van der Waals surface area contributed by atoms with Crippen LogP contribution in [0.3, 0.4) is 0 Å². The minimum absolute atomic E-state index is 0.151. The topological polar surface area (TPSA) is 21.3 Å². The fourth-order valence-electron chi connectivity index (χ4n) is 3.20. The van der Waals surface area contributed by atoms with E-state index in [9.17, 15) is 4.39 Å². The molecule has 0 spiro atoms. The Balaban J connectivity index is 2.17.